The van der Waals surface area contributed by atoms with Crippen molar-refractivity contribution in [3.05, 3.63) is 64.7 Å². The highest BCUT2D eigenvalue weighted by Crippen LogP contribution is 2.44. The van der Waals surface area contributed by atoms with Crippen LogP contribution in [0.15, 0.2) is 59.2 Å². The highest BCUT2D eigenvalue weighted by Gasteiger charge is 2.49. The first-order valence-electron chi connectivity index (χ1n) is 6.04. The van der Waals surface area contributed by atoms with Crippen molar-refractivity contribution in [3.8, 4) is 0 Å². The van der Waals surface area contributed by atoms with Gasteiger partial charge in [0, 0.05) is 5.41 Å². The number of hydrogen-bond acceptors (Lipinski definition) is 3. The Labute approximate surface area is 120 Å². The minimum absolute atomic E-state index is 0.0641. The Morgan fingerprint density at radius 3 is 2.75 bits per heavy atom. The molecule has 0 aromatic heterocycles. The quantitative estimate of drug-likeness (QED) is 0.684. The molecule has 100 valence electrons. The van der Waals surface area contributed by atoms with Crippen LogP contribution in [0.3, 0.4) is 0 Å². The maximum Gasteiger partial charge on any atom is 0.353 e. The number of nitrogens with zero attached hydrogens (tertiary/aromatic N) is 1. The number of amides is 1. The zero-order valence-corrected chi connectivity index (χ0v) is 11.2. The predicted octanol–water partition coefficient (Wildman–Crippen LogP) is 2.47. The topological polar surface area (TPSA) is 57.6 Å². The fourth-order valence-electron chi connectivity index (χ4n) is 2.11. The third kappa shape index (κ3) is 2.06. The fraction of sp³-hybridized carbons (Fsp3) is 0.0667. The van der Waals surface area contributed by atoms with Crippen molar-refractivity contribution < 1.29 is 14.7 Å². The Balaban J connectivity index is 1.72. The Hall–Kier alpha value is -2.27. The number of carboxylic acid groups (broad SMARTS) is 1. The van der Waals surface area contributed by atoms with Crippen molar-refractivity contribution in [1.82, 2.24) is 4.90 Å². The number of carboxylic acids is 1. The van der Waals surface area contributed by atoms with Gasteiger partial charge in [-0.3, -0.25) is 9.69 Å². The third-order valence-electron chi connectivity index (χ3n) is 3.12. The molecule has 1 fully saturated rings. The average molecular weight is 285 g/mol. The van der Waals surface area contributed by atoms with Gasteiger partial charge in [0.2, 0.25) is 0 Å². The number of rotatable bonds is 3. The molecule has 0 aliphatic carbocycles. The van der Waals surface area contributed by atoms with Crippen LogP contribution < -0.4 is 0 Å². The van der Waals surface area contributed by atoms with Gasteiger partial charge in [-0.1, -0.05) is 48.6 Å². The van der Waals surface area contributed by atoms with Gasteiger partial charge >= 0.3 is 5.97 Å². The van der Waals surface area contributed by atoms with Gasteiger partial charge in [-0.2, -0.15) is 0 Å². The first-order valence-corrected chi connectivity index (χ1v) is 6.98. The van der Waals surface area contributed by atoms with Crippen molar-refractivity contribution in [2.75, 3.05) is 0 Å². The van der Waals surface area contributed by atoms with E-state index in [1.807, 2.05) is 42.5 Å². The number of aliphatic carboxylic acids is 1. The lowest BCUT2D eigenvalue weighted by Crippen LogP contribution is -2.51. The fourth-order valence-corrected chi connectivity index (χ4v) is 3.24. The summed E-state index contributed by atoms with van der Waals surface area (Å²) in [6.07, 6.45) is 5.48. The van der Waals surface area contributed by atoms with Gasteiger partial charge in [0.05, 0.1) is 5.57 Å². The Kier molecular flexibility index (Phi) is 3.20. The number of fused-ring (bicyclic) bond motifs is 1. The van der Waals surface area contributed by atoms with Gasteiger partial charge in [-0.15, -0.1) is 11.8 Å². The summed E-state index contributed by atoms with van der Waals surface area (Å²) in [5, 5.41) is 10.3. The molecule has 1 N–H and O–H groups in total. The van der Waals surface area contributed by atoms with Crippen LogP contribution in [0.5, 0.6) is 0 Å². The summed E-state index contributed by atoms with van der Waals surface area (Å²) < 4.78 is 0. The first kappa shape index (κ1) is 12.7. The molecule has 1 aromatic carbocycles. The molecule has 20 heavy (non-hydrogen) atoms. The smallest absolute Gasteiger partial charge is 0.353 e. The van der Waals surface area contributed by atoms with Crippen LogP contribution in [0.25, 0.3) is 6.08 Å². The molecule has 2 aliphatic heterocycles. The van der Waals surface area contributed by atoms with E-state index in [2.05, 4.69) is 0 Å². The standard InChI is InChI=1S/C15H11NO3S/c17-13-11(8-4-7-10-5-2-1-3-6-10)14-16(13)12(9-20-14)15(18)19/h1-9,14H,(H,18,19)/b7-4+,11-8-/t14-/m1/s1. The molecular weight excluding hydrogens is 274 g/mol. The van der Waals surface area contributed by atoms with Gasteiger partial charge in [-0.25, -0.2) is 4.79 Å². The van der Waals surface area contributed by atoms with E-state index in [-0.39, 0.29) is 17.0 Å². The molecule has 0 saturated carbocycles. The molecule has 3 rings (SSSR count). The Bertz CT molecular complexity index is 661. The predicted molar refractivity (Wildman–Crippen MR) is 77.5 cm³/mol. The number of carbonyl (C=O) groups excluding carboxylic acids is 1. The number of carbonyl (C=O) groups is 2. The molecule has 0 radical (unpaired) electrons. The molecule has 2 heterocycles. The van der Waals surface area contributed by atoms with Gasteiger partial charge in [0.1, 0.15) is 11.1 Å². The molecule has 1 amide bonds. The molecule has 1 atom stereocenters. The molecule has 2 aliphatic rings. The summed E-state index contributed by atoms with van der Waals surface area (Å²) in [6.45, 7) is 0. The van der Waals surface area contributed by atoms with E-state index in [1.165, 1.54) is 22.1 Å². The summed E-state index contributed by atoms with van der Waals surface area (Å²) in [4.78, 5) is 24.2. The lowest BCUT2D eigenvalue weighted by Gasteiger charge is -2.36. The molecule has 1 aromatic rings. The molecule has 4 nitrogen and oxygen atoms in total. The van der Waals surface area contributed by atoms with Gasteiger partial charge in [0.15, 0.2) is 0 Å². The lowest BCUT2D eigenvalue weighted by molar-refractivity contribution is -0.141. The average Bonchev–Trinajstić information content (AvgIpc) is 2.85. The minimum Gasteiger partial charge on any atom is -0.477 e. The van der Waals surface area contributed by atoms with Crippen molar-refractivity contribution in [2.24, 2.45) is 0 Å². The van der Waals surface area contributed by atoms with Gasteiger partial charge < -0.3 is 5.11 Å². The largest absolute Gasteiger partial charge is 0.477 e. The third-order valence-corrected chi connectivity index (χ3v) is 4.20. The van der Waals surface area contributed by atoms with Crippen molar-refractivity contribution in [1.29, 1.82) is 0 Å². The van der Waals surface area contributed by atoms with Crippen molar-refractivity contribution >= 4 is 29.7 Å². The van der Waals surface area contributed by atoms with E-state index in [0.717, 1.165) is 5.56 Å². The monoisotopic (exact) mass is 285 g/mol. The normalized spacial score (nSPS) is 22.9. The summed E-state index contributed by atoms with van der Waals surface area (Å²) in [7, 11) is 0. The van der Waals surface area contributed by atoms with E-state index in [9.17, 15) is 9.59 Å². The van der Waals surface area contributed by atoms with E-state index < -0.39 is 5.97 Å². The maximum absolute atomic E-state index is 11.9. The van der Waals surface area contributed by atoms with Crippen LogP contribution in [0.2, 0.25) is 0 Å². The van der Waals surface area contributed by atoms with E-state index in [0.29, 0.717) is 5.57 Å². The highest BCUT2D eigenvalue weighted by atomic mass is 32.2. The van der Waals surface area contributed by atoms with Crippen LogP contribution in [0, 0.1) is 0 Å². The van der Waals surface area contributed by atoms with Crippen LogP contribution >= 0.6 is 11.8 Å². The summed E-state index contributed by atoms with van der Waals surface area (Å²) in [5.41, 5.74) is 1.75. The van der Waals surface area contributed by atoms with E-state index >= 15 is 0 Å². The number of thioether (sulfide) groups is 1. The second-order valence-corrected chi connectivity index (χ2v) is 5.32. The van der Waals surface area contributed by atoms with Gasteiger partial charge in [0.25, 0.3) is 5.91 Å². The van der Waals surface area contributed by atoms with Crippen molar-refractivity contribution in [2.45, 2.75) is 5.37 Å². The molecule has 5 heteroatoms. The molecule has 0 spiro atoms. The summed E-state index contributed by atoms with van der Waals surface area (Å²) >= 11 is 1.35. The zero-order valence-electron chi connectivity index (χ0n) is 10.4. The van der Waals surface area contributed by atoms with Gasteiger partial charge in [-0.05, 0) is 5.56 Å². The van der Waals surface area contributed by atoms with E-state index in [1.54, 1.807) is 6.08 Å². The molecule has 0 unspecified atom stereocenters. The van der Waals surface area contributed by atoms with Crippen LogP contribution in [0.1, 0.15) is 5.56 Å². The molecule has 1 saturated heterocycles. The molecule has 0 bridgehead atoms. The second kappa shape index (κ2) is 5.02. The van der Waals surface area contributed by atoms with Crippen LogP contribution in [-0.4, -0.2) is 27.3 Å². The number of hydrogen-bond donors (Lipinski definition) is 1. The zero-order chi connectivity index (χ0) is 14.1. The SMILES string of the molecule is O=C(O)C1=CS[C@@H]2/C(=C\C=C\c3ccccc3)C(=O)N12. The Morgan fingerprint density at radius 1 is 1.30 bits per heavy atom. The highest BCUT2D eigenvalue weighted by molar-refractivity contribution is 8.03. The maximum atomic E-state index is 11.9. The number of allylic oxidation sites excluding steroid dienone is 2. The first-order chi connectivity index (χ1) is 9.68. The second-order valence-electron chi connectivity index (χ2n) is 4.36. The Morgan fingerprint density at radius 2 is 2.05 bits per heavy atom. The number of β-lactam (4-membered cyclic amide) rings is 1. The van der Waals surface area contributed by atoms with E-state index in [4.69, 9.17) is 5.11 Å². The lowest BCUT2D eigenvalue weighted by atomic mass is 10.0. The summed E-state index contributed by atoms with van der Waals surface area (Å²) in [5.74, 6) is -1.29. The number of benzene rings is 1. The van der Waals surface area contributed by atoms with Crippen LogP contribution in [-0.2, 0) is 9.59 Å². The van der Waals surface area contributed by atoms with Crippen LogP contribution in [0.4, 0.5) is 0 Å². The summed E-state index contributed by atoms with van der Waals surface area (Å²) in [6, 6.07) is 9.77. The van der Waals surface area contributed by atoms with Crippen molar-refractivity contribution in [3.63, 3.8) is 0 Å². The molecular formula is C15H11NO3S. The minimum atomic E-state index is -1.06.